The third-order valence-corrected chi connectivity index (χ3v) is 2.82. The van der Waals surface area contributed by atoms with Gasteiger partial charge in [-0.25, -0.2) is 14.2 Å². The number of ether oxygens (including phenoxy) is 1. The Balaban J connectivity index is 2.71. The van der Waals surface area contributed by atoms with Crippen molar-refractivity contribution >= 4 is 17.0 Å². The van der Waals surface area contributed by atoms with Gasteiger partial charge >= 0.3 is 5.97 Å². The van der Waals surface area contributed by atoms with Crippen LogP contribution in [0.4, 0.5) is 4.39 Å². The van der Waals surface area contributed by atoms with Crippen molar-refractivity contribution in [1.29, 1.82) is 0 Å². The first-order valence-corrected chi connectivity index (χ1v) is 5.59. The first-order chi connectivity index (χ1) is 8.62. The van der Waals surface area contributed by atoms with E-state index in [0.29, 0.717) is 23.4 Å². The Morgan fingerprint density at radius 3 is 2.83 bits per heavy atom. The monoisotopic (exact) mass is 251 g/mol. The molecule has 0 unspecified atom stereocenters. The Labute approximate surface area is 103 Å². The molecule has 0 aliphatic heterocycles. The van der Waals surface area contributed by atoms with Gasteiger partial charge < -0.3 is 15.0 Å². The largest absolute Gasteiger partial charge is 0.465 e. The molecule has 2 rings (SSSR count). The van der Waals surface area contributed by atoms with Crippen LogP contribution in [-0.4, -0.2) is 22.6 Å². The molecule has 0 spiro atoms. The number of hydrogen-bond donors (Lipinski definition) is 1. The maximum absolute atomic E-state index is 13.7. The molecule has 2 N–H and O–H groups in total. The third-order valence-electron chi connectivity index (χ3n) is 2.82. The van der Waals surface area contributed by atoms with Crippen LogP contribution < -0.4 is 5.73 Å². The second-order valence-corrected chi connectivity index (χ2v) is 3.79. The average Bonchev–Trinajstić information content (AvgIpc) is 2.73. The molecule has 0 atom stereocenters. The number of imidazole rings is 1. The summed E-state index contributed by atoms with van der Waals surface area (Å²) in [5, 5.41) is 0. The molecule has 6 heteroatoms. The highest BCUT2D eigenvalue weighted by molar-refractivity contribution is 5.94. The van der Waals surface area contributed by atoms with Crippen LogP contribution in [0.5, 0.6) is 0 Å². The van der Waals surface area contributed by atoms with E-state index in [1.54, 1.807) is 0 Å². The van der Waals surface area contributed by atoms with Gasteiger partial charge in [0.1, 0.15) is 11.6 Å². The summed E-state index contributed by atoms with van der Waals surface area (Å²) in [5.74, 6) is -0.680. The van der Waals surface area contributed by atoms with E-state index >= 15 is 0 Å². The molecule has 0 radical (unpaired) electrons. The fraction of sp³-hybridized carbons (Fsp3) is 0.333. The van der Waals surface area contributed by atoms with Gasteiger partial charge in [-0.2, -0.15) is 0 Å². The minimum atomic E-state index is -0.701. The van der Waals surface area contributed by atoms with E-state index in [2.05, 4.69) is 9.72 Å². The average molecular weight is 251 g/mol. The van der Waals surface area contributed by atoms with E-state index < -0.39 is 11.8 Å². The zero-order valence-corrected chi connectivity index (χ0v) is 10.2. The Morgan fingerprint density at radius 2 is 2.28 bits per heavy atom. The Hall–Kier alpha value is -1.95. The van der Waals surface area contributed by atoms with Crippen molar-refractivity contribution in [3.05, 3.63) is 29.3 Å². The molecule has 96 valence electrons. The normalized spacial score (nSPS) is 10.9. The van der Waals surface area contributed by atoms with Crippen molar-refractivity contribution in [3.63, 3.8) is 0 Å². The highest BCUT2D eigenvalue weighted by atomic mass is 19.1. The molecule has 1 aromatic carbocycles. The predicted molar refractivity (Wildman–Crippen MR) is 64.6 cm³/mol. The molecule has 0 aliphatic carbocycles. The number of nitrogens with two attached hydrogens (primary N) is 1. The Morgan fingerprint density at radius 1 is 1.56 bits per heavy atom. The quantitative estimate of drug-likeness (QED) is 0.838. The number of methoxy groups -OCH3 is 1. The van der Waals surface area contributed by atoms with Gasteiger partial charge in [0.05, 0.1) is 30.3 Å². The number of aryl methyl sites for hydroxylation is 1. The lowest BCUT2D eigenvalue weighted by atomic mass is 10.2. The van der Waals surface area contributed by atoms with E-state index in [1.807, 2.05) is 11.5 Å². The van der Waals surface area contributed by atoms with Crippen LogP contribution in [-0.2, 0) is 17.8 Å². The smallest absolute Gasteiger partial charge is 0.340 e. The summed E-state index contributed by atoms with van der Waals surface area (Å²) in [5.41, 5.74) is 6.66. The molecule has 0 fully saturated rings. The molecule has 0 saturated carbocycles. The van der Waals surface area contributed by atoms with Crippen molar-refractivity contribution in [2.75, 3.05) is 7.11 Å². The Kier molecular flexibility index (Phi) is 3.29. The SMILES string of the molecule is CCn1c(CN)nc2cc(F)c(C(=O)OC)cc21. The summed E-state index contributed by atoms with van der Waals surface area (Å²) < 4.78 is 20.1. The molecule has 0 aliphatic rings. The number of halogens is 1. The van der Waals surface area contributed by atoms with Crippen molar-refractivity contribution in [2.45, 2.75) is 20.0 Å². The predicted octanol–water partition coefficient (Wildman–Crippen LogP) is 1.44. The van der Waals surface area contributed by atoms with Gasteiger partial charge in [0.15, 0.2) is 0 Å². The van der Waals surface area contributed by atoms with E-state index in [1.165, 1.54) is 19.2 Å². The summed E-state index contributed by atoms with van der Waals surface area (Å²) in [7, 11) is 1.22. The molecular formula is C12H14FN3O2. The molecule has 0 bridgehead atoms. The van der Waals surface area contributed by atoms with Crippen molar-refractivity contribution in [1.82, 2.24) is 9.55 Å². The first-order valence-electron chi connectivity index (χ1n) is 5.59. The minimum absolute atomic E-state index is 0.0943. The second-order valence-electron chi connectivity index (χ2n) is 3.79. The van der Waals surface area contributed by atoms with Crippen LogP contribution in [0.1, 0.15) is 23.1 Å². The van der Waals surface area contributed by atoms with Gasteiger partial charge in [0, 0.05) is 12.6 Å². The van der Waals surface area contributed by atoms with Crippen LogP contribution >= 0.6 is 0 Å². The fourth-order valence-electron chi connectivity index (χ4n) is 1.97. The summed E-state index contributed by atoms with van der Waals surface area (Å²) in [6, 6.07) is 2.68. The Bertz CT molecular complexity index is 607. The van der Waals surface area contributed by atoms with Crippen LogP contribution in [0.2, 0.25) is 0 Å². The van der Waals surface area contributed by atoms with Gasteiger partial charge in [-0.1, -0.05) is 0 Å². The highest BCUT2D eigenvalue weighted by Crippen LogP contribution is 2.21. The number of nitrogens with zero attached hydrogens (tertiary/aromatic N) is 2. The highest BCUT2D eigenvalue weighted by Gasteiger charge is 2.17. The van der Waals surface area contributed by atoms with Crippen molar-refractivity contribution < 1.29 is 13.9 Å². The lowest BCUT2D eigenvalue weighted by molar-refractivity contribution is 0.0595. The summed E-state index contributed by atoms with van der Waals surface area (Å²) >= 11 is 0. The van der Waals surface area contributed by atoms with Crippen molar-refractivity contribution in [2.24, 2.45) is 5.73 Å². The molecule has 1 heterocycles. The number of rotatable bonds is 3. The molecule has 1 aromatic heterocycles. The van der Waals surface area contributed by atoms with Gasteiger partial charge in [0.25, 0.3) is 0 Å². The van der Waals surface area contributed by atoms with E-state index in [0.717, 1.165) is 0 Å². The molecule has 0 saturated heterocycles. The number of carbonyl (C=O) groups is 1. The first kappa shape index (κ1) is 12.5. The van der Waals surface area contributed by atoms with E-state index in [4.69, 9.17) is 5.73 Å². The number of carbonyl (C=O) groups excluding carboxylic acids is 1. The van der Waals surface area contributed by atoms with Gasteiger partial charge in [-0.15, -0.1) is 0 Å². The molecule has 0 amide bonds. The number of benzene rings is 1. The maximum Gasteiger partial charge on any atom is 0.340 e. The van der Waals surface area contributed by atoms with Crippen LogP contribution in [0.3, 0.4) is 0 Å². The van der Waals surface area contributed by atoms with Gasteiger partial charge in [-0.3, -0.25) is 0 Å². The maximum atomic E-state index is 13.7. The molecule has 18 heavy (non-hydrogen) atoms. The van der Waals surface area contributed by atoms with Crippen LogP contribution in [0.15, 0.2) is 12.1 Å². The topological polar surface area (TPSA) is 70.1 Å². The summed E-state index contributed by atoms with van der Waals surface area (Å²) in [6.07, 6.45) is 0. The molecule has 5 nitrogen and oxygen atoms in total. The number of aromatic nitrogens is 2. The second kappa shape index (κ2) is 4.73. The zero-order chi connectivity index (χ0) is 13.3. The lowest BCUT2D eigenvalue weighted by Crippen LogP contribution is -2.08. The van der Waals surface area contributed by atoms with E-state index in [-0.39, 0.29) is 12.1 Å². The lowest BCUT2D eigenvalue weighted by Gasteiger charge is -2.05. The fourth-order valence-corrected chi connectivity index (χ4v) is 1.97. The third kappa shape index (κ3) is 1.84. The van der Waals surface area contributed by atoms with Gasteiger partial charge in [0.2, 0.25) is 0 Å². The summed E-state index contributed by atoms with van der Waals surface area (Å²) in [6.45, 7) is 2.84. The van der Waals surface area contributed by atoms with Gasteiger partial charge in [-0.05, 0) is 13.0 Å². The number of esters is 1. The number of fused-ring (bicyclic) bond motifs is 1. The van der Waals surface area contributed by atoms with E-state index in [9.17, 15) is 9.18 Å². The minimum Gasteiger partial charge on any atom is -0.465 e. The molecular weight excluding hydrogens is 237 g/mol. The number of hydrogen-bond acceptors (Lipinski definition) is 4. The van der Waals surface area contributed by atoms with Crippen molar-refractivity contribution in [3.8, 4) is 0 Å². The van der Waals surface area contributed by atoms with Crippen LogP contribution in [0, 0.1) is 5.82 Å². The van der Waals surface area contributed by atoms with Crippen LogP contribution in [0.25, 0.3) is 11.0 Å². The summed E-state index contributed by atoms with van der Waals surface area (Å²) in [4.78, 5) is 15.7. The zero-order valence-electron chi connectivity index (χ0n) is 10.2. The molecule has 2 aromatic rings. The standard InChI is InChI=1S/C12H14FN3O2/c1-3-16-10-4-7(12(17)18-2)8(13)5-9(10)15-11(16)6-14/h4-5H,3,6,14H2,1-2H3.